The Balaban J connectivity index is 1.86. The van der Waals surface area contributed by atoms with Gasteiger partial charge >= 0.3 is 0 Å². The Bertz CT molecular complexity index is 1620. The summed E-state index contributed by atoms with van der Waals surface area (Å²) < 4.78 is 52.8. The molecule has 2 aromatic carbocycles. The second kappa shape index (κ2) is 11.9. The van der Waals surface area contributed by atoms with Gasteiger partial charge in [-0.15, -0.1) is 0 Å². The predicted molar refractivity (Wildman–Crippen MR) is 142 cm³/mol. The summed E-state index contributed by atoms with van der Waals surface area (Å²) in [7, 11) is -3.04. The van der Waals surface area contributed by atoms with E-state index in [1.807, 2.05) is 6.07 Å². The maximum absolute atomic E-state index is 13.9. The van der Waals surface area contributed by atoms with Crippen LogP contribution in [0.25, 0.3) is 11.1 Å². The highest BCUT2D eigenvalue weighted by Gasteiger charge is 2.32. The van der Waals surface area contributed by atoms with E-state index in [9.17, 15) is 22.7 Å². The first-order valence-electron chi connectivity index (χ1n) is 12.1. The third-order valence-corrected chi connectivity index (χ3v) is 7.97. The molecule has 0 aliphatic heterocycles. The quantitative estimate of drug-likeness (QED) is 0.292. The molecule has 11 heteroatoms. The molecular weight excluding hydrogens is 525 g/mol. The molecule has 0 saturated heterocycles. The van der Waals surface area contributed by atoms with E-state index in [4.69, 9.17) is 9.47 Å². The Kier molecular flexibility index (Phi) is 8.54. The molecule has 0 aliphatic carbocycles. The van der Waals surface area contributed by atoms with Gasteiger partial charge in [0.1, 0.15) is 12.4 Å². The fourth-order valence-corrected chi connectivity index (χ4v) is 5.67. The zero-order valence-electron chi connectivity index (χ0n) is 21.7. The molecule has 9 nitrogen and oxygen atoms in total. The molecule has 0 radical (unpaired) electrons. The molecule has 2 heterocycles. The number of rotatable bonds is 10. The maximum atomic E-state index is 13.9. The highest BCUT2D eigenvalue weighted by atomic mass is 32.2. The summed E-state index contributed by atoms with van der Waals surface area (Å²) in [6.45, 7) is 3.62. The lowest BCUT2D eigenvalue weighted by atomic mass is 10.1. The minimum Gasteiger partial charge on any atom is -0.492 e. The third-order valence-electron chi connectivity index (χ3n) is 6.18. The fourth-order valence-electron chi connectivity index (χ4n) is 4.32. The number of pyridine rings is 1. The number of methoxy groups -OCH3 is 1. The van der Waals surface area contributed by atoms with Gasteiger partial charge in [-0.1, -0.05) is 42.5 Å². The van der Waals surface area contributed by atoms with Crippen LogP contribution in [0.15, 0.2) is 81.3 Å². The Labute approximate surface area is 225 Å². The van der Waals surface area contributed by atoms with Gasteiger partial charge in [0, 0.05) is 25.0 Å². The van der Waals surface area contributed by atoms with Crippen molar-refractivity contribution in [2.24, 2.45) is 0 Å². The first-order chi connectivity index (χ1) is 18.7. The van der Waals surface area contributed by atoms with Crippen molar-refractivity contribution in [2.75, 3.05) is 20.3 Å². The Morgan fingerprint density at radius 1 is 1.03 bits per heavy atom. The highest BCUT2D eigenvalue weighted by Crippen LogP contribution is 2.30. The summed E-state index contributed by atoms with van der Waals surface area (Å²) in [5.41, 5.74) is 1.39. The Hall–Kier alpha value is -3.93. The molecule has 4 rings (SSSR count). The standard InChI is InChI=1S/C28H28FN3O6S/c1-4-38-17-25-31-27(33)26(28(34)32(25)23(16-37-3)20-8-6-5-7-9-20)39(35,36)21-12-10-19(11-13-21)22-14-15-24(29)30-18(22)2/h5-15,23,33H,4,16-17H2,1-3H3/t23-/m0/s1. The van der Waals surface area contributed by atoms with Gasteiger partial charge in [-0.3, -0.25) is 9.36 Å². The third kappa shape index (κ3) is 5.75. The maximum Gasteiger partial charge on any atom is 0.277 e. The van der Waals surface area contributed by atoms with Crippen molar-refractivity contribution in [1.29, 1.82) is 0 Å². The van der Waals surface area contributed by atoms with Crippen molar-refractivity contribution in [3.05, 3.63) is 100 Å². The average Bonchev–Trinajstić information content (AvgIpc) is 2.91. The first kappa shape index (κ1) is 28.1. The summed E-state index contributed by atoms with van der Waals surface area (Å²) in [5, 5.41) is 10.7. The van der Waals surface area contributed by atoms with Crippen molar-refractivity contribution in [1.82, 2.24) is 14.5 Å². The predicted octanol–water partition coefficient (Wildman–Crippen LogP) is 4.06. The number of halogens is 1. The fraction of sp³-hybridized carbons (Fsp3) is 0.250. The molecule has 0 spiro atoms. The topological polar surface area (TPSA) is 121 Å². The lowest BCUT2D eigenvalue weighted by molar-refractivity contribution is 0.116. The molecule has 0 saturated carbocycles. The summed E-state index contributed by atoms with van der Waals surface area (Å²) in [6, 6.07) is 16.7. The molecule has 0 fully saturated rings. The van der Waals surface area contributed by atoms with E-state index in [0.29, 0.717) is 29.0 Å². The van der Waals surface area contributed by atoms with Gasteiger partial charge in [0.2, 0.25) is 21.7 Å². The molecule has 0 aliphatic rings. The van der Waals surface area contributed by atoms with Crippen LogP contribution in [0.3, 0.4) is 0 Å². The summed E-state index contributed by atoms with van der Waals surface area (Å²) in [5.74, 6) is -1.48. The minimum atomic E-state index is -4.51. The van der Waals surface area contributed by atoms with Gasteiger partial charge in [0.05, 0.1) is 17.5 Å². The van der Waals surface area contributed by atoms with Crippen molar-refractivity contribution < 1.29 is 27.4 Å². The van der Waals surface area contributed by atoms with Crippen LogP contribution in [-0.4, -0.2) is 48.4 Å². The Morgan fingerprint density at radius 2 is 1.72 bits per heavy atom. The van der Waals surface area contributed by atoms with E-state index in [2.05, 4.69) is 9.97 Å². The normalized spacial score (nSPS) is 12.4. The molecular formula is C28H28FN3O6S. The first-order valence-corrected chi connectivity index (χ1v) is 13.6. The smallest absolute Gasteiger partial charge is 0.277 e. The zero-order valence-corrected chi connectivity index (χ0v) is 22.5. The van der Waals surface area contributed by atoms with Gasteiger partial charge in [-0.05, 0) is 49.2 Å². The number of aromatic hydroxyl groups is 1. The van der Waals surface area contributed by atoms with Gasteiger partial charge < -0.3 is 14.6 Å². The monoisotopic (exact) mass is 553 g/mol. The highest BCUT2D eigenvalue weighted by molar-refractivity contribution is 7.91. The van der Waals surface area contributed by atoms with Gasteiger partial charge in [-0.2, -0.15) is 9.37 Å². The summed E-state index contributed by atoms with van der Waals surface area (Å²) in [6.07, 6.45) is 0. The molecule has 0 bridgehead atoms. The van der Waals surface area contributed by atoms with Crippen LogP contribution in [0.2, 0.25) is 0 Å². The number of aryl methyl sites for hydroxylation is 1. The van der Waals surface area contributed by atoms with Crippen LogP contribution < -0.4 is 5.56 Å². The van der Waals surface area contributed by atoms with Crippen molar-refractivity contribution in [3.8, 4) is 17.0 Å². The van der Waals surface area contributed by atoms with E-state index in [-0.39, 0.29) is 23.9 Å². The summed E-state index contributed by atoms with van der Waals surface area (Å²) in [4.78, 5) is 20.7. The SMILES string of the molecule is CCOCc1nc(O)c(S(=O)(=O)c2ccc(-c3ccc(F)nc3C)cc2)c(=O)n1[C@@H](COC)c1ccccc1. The number of aromatic nitrogens is 3. The Morgan fingerprint density at radius 3 is 2.33 bits per heavy atom. The number of nitrogens with zero attached hydrogens (tertiary/aromatic N) is 3. The largest absolute Gasteiger partial charge is 0.492 e. The minimum absolute atomic E-state index is 0.0364. The molecule has 1 atom stereocenters. The van der Waals surface area contributed by atoms with Crippen LogP contribution in [0.5, 0.6) is 5.88 Å². The van der Waals surface area contributed by atoms with E-state index in [1.165, 1.54) is 42.0 Å². The van der Waals surface area contributed by atoms with Crippen LogP contribution >= 0.6 is 0 Å². The number of ether oxygens (including phenoxy) is 2. The number of hydrogen-bond donors (Lipinski definition) is 1. The van der Waals surface area contributed by atoms with E-state index < -0.39 is 38.2 Å². The summed E-state index contributed by atoms with van der Waals surface area (Å²) >= 11 is 0. The lowest BCUT2D eigenvalue weighted by Gasteiger charge is -2.23. The van der Waals surface area contributed by atoms with Crippen LogP contribution in [0.1, 0.15) is 30.0 Å². The van der Waals surface area contributed by atoms with Crippen molar-refractivity contribution in [2.45, 2.75) is 36.3 Å². The molecule has 1 N–H and O–H groups in total. The molecule has 0 amide bonds. The average molecular weight is 554 g/mol. The van der Waals surface area contributed by atoms with Crippen LogP contribution in [0.4, 0.5) is 4.39 Å². The molecule has 204 valence electrons. The number of sulfone groups is 1. The van der Waals surface area contributed by atoms with Crippen LogP contribution in [-0.2, 0) is 25.9 Å². The van der Waals surface area contributed by atoms with Crippen LogP contribution in [0, 0.1) is 12.9 Å². The van der Waals surface area contributed by atoms with E-state index in [1.54, 1.807) is 44.2 Å². The van der Waals surface area contributed by atoms with Gasteiger partial charge in [-0.25, -0.2) is 13.4 Å². The number of hydrogen-bond acceptors (Lipinski definition) is 8. The second-order valence-electron chi connectivity index (χ2n) is 8.67. The molecule has 4 aromatic rings. The number of benzene rings is 2. The molecule has 0 unspecified atom stereocenters. The lowest BCUT2D eigenvalue weighted by Crippen LogP contribution is -2.35. The van der Waals surface area contributed by atoms with Gasteiger partial charge in [0.25, 0.3) is 5.56 Å². The van der Waals surface area contributed by atoms with Crippen molar-refractivity contribution in [3.63, 3.8) is 0 Å². The van der Waals surface area contributed by atoms with Crippen molar-refractivity contribution >= 4 is 9.84 Å². The second-order valence-corrected chi connectivity index (χ2v) is 10.6. The van der Waals surface area contributed by atoms with E-state index >= 15 is 0 Å². The molecule has 39 heavy (non-hydrogen) atoms. The van der Waals surface area contributed by atoms with E-state index in [0.717, 1.165) is 0 Å². The molecule has 2 aromatic heterocycles. The van der Waals surface area contributed by atoms with Gasteiger partial charge in [0.15, 0.2) is 4.90 Å². The zero-order chi connectivity index (χ0) is 28.2.